The van der Waals surface area contributed by atoms with Crippen LogP contribution in [0, 0.1) is 5.92 Å². The van der Waals surface area contributed by atoms with E-state index >= 15 is 0 Å². The molecule has 0 unspecified atom stereocenters. The number of aromatic amines is 1. The van der Waals surface area contributed by atoms with E-state index in [9.17, 15) is 23.1 Å². The Labute approximate surface area is 233 Å². The maximum absolute atomic E-state index is 13.8. The fourth-order valence-electron chi connectivity index (χ4n) is 4.99. The number of nitrogens with zero attached hydrogens (tertiary/aromatic N) is 1. The predicted octanol–water partition coefficient (Wildman–Crippen LogP) is 5.05. The van der Waals surface area contributed by atoms with Crippen molar-refractivity contribution in [2.24, 2.45) is 5.92 Å². The summed E-state index contributed by atoms with van der Waals surface area (Å²) < 4.78 is 27.7. The molecule has 1 aromatic heterocycles. The van der Waals surface area contributed by atoms with Crippen LogP contribution in [0.3, 0.4) is 0 Å². The smallest absolute Gasteiger partial charge is 0.271 e. The monoisotopic (exact) mass is 557 g/mol. The van der Waals surface area contributed by atoms with Crippen LogP contribution in [0.5, 0.6) is 5.75 Å². The number of anilines is 2. The van der Waals surface area contributed by atoms with Crippen molar-refractivity contribution >= 4 is 27.1 Å². The Hall–Kier alpha value is -4.37. The van der Waals surface area contributed by atoms with Gasteiger partial charge in [-0.2, -0.15) is 0 Å². The molecule has 3 aromatic carbocycles. The second-order valence-electron chi connectivity index (χ2n) is 9.84. The van der Waals surface area contributed by atoms with Crippen LogP contribution in [-0.2, 0) is 16.3 Å². The minimum Gasteiger partial charge on any atom is -0.504 e. The van der Waals surface area contributed by atoms with Gasteiger partial charge in [0.25, 0.3) is 11.5 Å². The molecule has 1 amide bonds. The SMILES string of the molecule is CCN(c1ccccc1)c1c(CC2CC2)[nH]c(=O)c(S(=O)(=O)c2ccc(-c3ccccc3C(=O)NC)cc2)c1O. The molecule has 1 aliphatic rings. The highest BCUT2D eigenvalue weighted by molar-refractivity contribution is 7.91. The van der Waals surface area contributed by atoms with Gasteiger partial charge < -0.3 is 20.3 Å². The molecular weight excluding hydrogens is 526 g/mol. The number of rotatable bonds is 9. The van der Waals surface area contributed by atoms with Crippen LogP contribution in [0.25, 0.3) is 11.1 Å². The van der Waals surface area contributed by atoms with Gasteiger partial charge in [-0.05, 0) is 73.6 Å². The van der Waals surface area contributed by atoms with Gasteiger partial charge in [0.15, 0.2) is 10.6 Å². The number of para-hydroxylation sites is 1. The lowest BCUT2D eigenvalue weighted by Gasteiger charge is -2.27. The van der Waals surface area contributed by atoms with E-state index in [0.29, 0.717) is 47.0 Å². The van der Waals surface area contributed by atoms with Crippen LogP contribution < -0.4 is 15.8 Å². The minimum absolute atomic E-state index is 0.141. The molecule has 0 atom stereocenters. The Morgan fingerprint density at radius 2 is 1.65 bits per heavy atom. The van der Waals surface area contributed by atoms with Crippen molar-refractivity contribution in [1.82, 2.24) is 10.3 Å². The first-order valence-corrected chi connectivity index (χ1v) is 14.7. The lowest BCUT2D eigenvalue weighted by molar-refractivity contribution is 0.0963. The first-order valence-electron chi connectivity index (χ1n) is 13.2. The zero-order valence-electron chi connectivity index (χ0n) is 22.3. The molecule has 9 heteroatoms. The van der Waals surface area contributed by atoms with Crippen molar-refractivity contribution in [2.75, 3.05) is 18.5 Å². The third-order valence-electron chi connectivity index (χ3n) is 7.18. The van der Waals surface area contributed by atoms with Crippen molar-refractivity contribution in [2.45, 2.75) is 36.0 Å². The van der Waals surface area contributed by atoms with Crippen molar-refractivity contribution in [3.8, 4) is 16.9 Å². The van der Waals surface area contributed by atoms with Crippen LogP contribution >= 0.6 is 0 Å². The van der Waals surface area contributed by atoms with E-state index in [2.05, 4.69) is 10.3 Å². The maximum Gasteiger partial charge on any atom is 0.271 e. The summed E-state index contributed by atoms with van der Waals surface area (Å²) in [5.41, 5.74) is 2.47. The summed E-state index contributed by atoms with van der Waals surface area (Å²) in [7, 11) is -2.86. The Kier molecular flexibility index (Phi) is 7.49. The van der Waals surface area contributed by atoms with E-state index in [4.69, 9.17) is 0 Å². The lowest BCUT2D eigenvalue weighted by Crippen LogP contribution is -2.25. The molecule has 8 nitrogen and oxygen atoms in total. The molecule has 1 aliphatic carbocycles. The predicted molar refractivity (Wildman–Crippen MR) is 155 cm³/mol. The largest absolute Gasteiger partial charge is 0.504 e. The number of carbonyl (C=O) groups is 1. The average Bonchev–Trinajstić information content (AvgIpc) is 3.79. The highest BCUT2D eigenvalue weighted by Crippen LogP contribution is 2.43. The number of sulfone groups is 1. The molecule has 0 saturated heterocycles. The molecule has 1 fully saturated rings. The number of hydrogen-bond donors (Lipinski definition) is 3. The quantitative estimate of drug-likeness (QED) is 0.265. The van der Waals surface area contributed by atoms with Gasteiger partial charge in [-0.15, -0.1) is 0 Å². The molecule has 4 aromatic rings. The summed E-state index contributed by atoms with van der Waals surface area (Å²) in [6.07, 6.45) is 2.59. The van der Waals surface area contributed by atoms with Gasteiger partial charge in [0.2, 0.25) is 9.84 Å². The first-order chi connectivity index (χ1) is 19.3. The van der Waals surface area contributed by atoms with Crippen LogP contribution in [-0.4, -0.2) is 38.0 Å². The molecule has 1 saturated carbocycles. The van der Waals surface area contributed by atoms with Gasteiger partial charge in [-0.1, -0.05) is 48.5 Å². The fraction of sp³-hybridized carbons (Fsp3) is 0.226. The van der Waals surface area contributed by atoms with Crippen molar-refractivity contribution in [3.63, 3.8) is 0 Å². The Bertz CT molecular complexity index is 1710. The molecule has 0 aliphatic heterocycles. The van der Waals surface area contributed by atoms with Crippen LogP contribution in [0.15, 0.2) is 93.4 Å². The van der Waals surface area contributed by atoms with Crippen molar-refractivity contribution in [1.29, 1.82) is 0 Å². The third kappa shape index (κ3) is 5.12. The van der Waals surface area contributed by atoms with Gasteiger partial charge in [-0.3, -0.25) is 9.59 Å². The Balaban J connectivity index is 1.61. The van der Waals surface area contributed by atoms with E-state index in [0.717, 1.165) is 18.5 Å². The van der Waals surface area contributed by atoms with Crippen LogP contribution in [0.4, 0.5) is 11.4 Å². The standard InChI is InChI=1S/C31H31N3O5S/c1-3-34(22-9-5-4-6-10-22)27-26(19-20-13-14-20)33-31(37)29(28(27)35)40(38,39)23-17-15-21(16-18-23)24-11-7-8-12-25(24)30(36)32-2/h4-12,15-18,20H,3,13-14,19H2,1-2H3,(H,32,36)(H2,33,35,37). The van der Waals surface area contributed by atoms with E-state index < -0.39 is 26.0 Å². The summed E-state index contributed by atoms with van der Waals surface area (Å²) in [6, 6.07) is 22.3. The number of nitrogens with one attached hydrogen (secondary N) is 2. The molecule has 40 heavy (non-hydrogen) atoms. The zero-order chi connectivity index (χ0) is 28.4. The number of pyridine rings is 1. The normalized spacial score (nSPS) is 13.2. The second-order valence-corrected chi connectivity index (χ2v) is 11.7. The topological polar surface area (TPSA) is 120 Å². The highest BCUT2D eigenvalue weighted by atomic mass is 32.2. The molecule has 0 spiro atoms. The van der Waals surface area contributed by atoms with E-state index in [1.54, 1.807) is 43.4 Å². The fourth-order valence-corrected chi connectivity index (χ4v) is 6.36. The van der Waals surface area contributed by atoms with Gasteiger partial charge >= 0.3 is 0 Å². The number of amides is 1. The number of hydrogen-bond acceptors (Lipinski definition) is 6. The average molecular weight is 558 g/mol. The Morgan fingerprint density at radius 1 is 1.00 bits per heavy atom. The number of benzene rings is 3. The number of aromatic nitrogens is 1. The van der Waals surface area contributed by atoms with Gasteiger partial charge in [0.05, 0.1) is 4.90 Å². The molecule has 3 N–H and O–H groups in total. The van der Waals surface area contributed by atoms with Crippen molar-refractivity contribution in [3.05, 3.63) is 100 Å². The summed E-state index contributed by atoms with van der Waals surface area (Å²) in [4.78, 5) is 29.4. The second kappa shape index (κ2) is 11.0. The number of aromatic hydroxyl groups is 1. The third-order valence-corrected chi connectivity index (χ3v) is 8.99. The van der Waals surface area contributed by atoms with Crippen LogP contribution in [0.1, 0.15) is 35.8 Å². The van der Waals surface area contributed by atoms with E-state index in [1.165, 1.54) is 12.1 Å². The summed E-state index contributed by atoms with van der Waals surface area (Å²) in [5, 5.41) is 14.1. The molecule has 1 heterocycles. The summed E-state index contributed by atoms with van der Waals surface area (Å²) >= 11 is 0. The summed E-state index contributed by atoms with van der Waals surface area (Å²) in [5.74, 6) is -0.434. The van der Waals surface area contributed by atoms with Gasteiger partial charge in [0, 0.05) is 30.5 Å². The molecule has 206 valence electrons. The Morgan fingerprint density at radius 3 is 2.27 bits per heavy atom. The number of carbonyl (C=O) groups excluding carboxylic acids is 1. The van der Waals surface area contributed by atoms with E-state index in [-0.39, 0.29) is 10.8 Å². The maximum atomic E-state index is 13.8. The lowest BCUT2D eigenvalue weighted by atomic mass is 9.99. The minimum atomic E-state index is -4.41. The summed E-state index contributed by atoms with van der Waals surface area (Å²) in [6.45, 7) is 2.35. The van der Waals surface area contributed by atoms with Gasteiger partial charge in [-0.25, -0.2) is 8.42 Å². The molecule has 0 bridgehead atoms. The number of H-pyrrole nitrogens is 1. The zero-order valence-corrected chi connectivity index (χ0v) is 23.2. The first kappa shape index (κ1) is 27.2. The molecule has 5 rings (SSSR count). The van der Waals surface area contributed by atoms with Gasteiger partial charge in [0.1, 0.15) is 5.69 Å². The highest BCUT2D eigenvalue weighted by Gasteiger charge is 2.33. The molecular formula is C31H31N3O5S. The van der Waals surface area contributed by atoms with Crippen LogP contribution in [0.2, 0.25) is 0 Å². The molecule has 0 radical (unpaired) electrons. The van der Waals surface area contributed by atoms with E-state index in [1.807, 2.05) is 42.2 Å². The van der Waals surface area contributed by atoms with Crippen molar-refractivity contribution < 1.29 is 18.3 Å².